The fourth-order valence-electron chi connectivity index (χ4n) is 1.52. The van der Waals surface area contributed by atoms with Crippen molar-refractivity contribution in [3.63, 3.8) is 0 Å². The van der Waals surface area contributed by atoms with Crippen molar-refractivity contribution >= 4 is 29.7 Å². The molecule has 1 heterocycles. The average molecular weight is 288 g/mol. The van der Waals surface area contributed by atoms with Gasteiger partial charge in [0.25, 0.3) is 0 Å². The largest absolute Gasteiger partial charge is 0.493 e. The molecule has 102 valence electrons. The maximum absolute atomic E-state index is 11.7. The summed E-state index contributed by atoms with van der Waals surface area (Å²) < 4.78 is 10.3. The van der Waals surface area contributed by atoms with E-state index < -0.39 is 5.97 Å². The molecule has 0 radical (unpaired) electrons. The Labute approximate surface area is 120 Å². The highest BCUT2D eigenvalue weighted by Gasteiger charge is 2.08. The minimum Gasteiger partial charge on any atom is -0.493 e. The van der Waals surface area contributed by atoms with Gasteiger partial charge in [0, 0.05) is 16.5 Å². The predicted molar refractivity (Wildman–Crippen MR) is 77.4 cm³/mol. The first-order valence-electron chi connectivity index (χ1n) is 5.79. The normalized spacial score (nSPS) is 10.4. The number of benzene rings is 1. The van der Waals surface area contributed by atoms with E-state index in [1.807, 2.05) is 17.5 Å². The number of rotatable bonds is 5. The van der Waals surface area contributed by atoms with Gasteiger partial charge in [0.2, 0.25) is 0 Å². The number of ether oxygens (including phenoxy) is 2. The SMILES string of the molecule is COc1cc(C=O)ccc1OC(=O)/C=C\c1cccs1. The van der Waals surface area contributed by atoms with Crippen LogP contribution in [-0.4, -0.2) is 19.4 Å². The number of thiophene rings is 1. The molecule has 0 saturated carbocycles. The van der Waals surface area contributed by atoms with Gasteiger partial charge in [0.1, 0.15) is 6.29 Å². The van der Waals surface area contributed by atoms with Crippen LogP contribution in [0.3, 0.4) is 0 Å². The van der Waals surface area contributed by atoms with E-state index in [0.29, 0.717) is 17.6 Å². The van der Waals surface area contributed by atoms with Crippen molar-refractivity contribution in [2.45, 2.75) is 0 Å². The molecule has 0 aliphatic heterocycles. The maximum Gasteiger partial charge on any atom is 0.336 e. The van der Waals surface area contributed by atoms with Gasteiger partial charge in [-0.3, -0.25) is 4.79 Å². The molecule has 1 aromatic carbocycles. The van der Waals surface area contributed by atoms with Gasteiger partial charge in [-0.2, -0.15) is 0 Å². The lowest BCUT2D eigenvalue weighted by molar-refractivity contribution is -0.129. The van der Waals surface area contributed by atoms with E-state index in [4.69, 9.17) is 9.47 Å². The van der Waals surface area contributed by atoms with Crippen molar-refractivity contribution < 1.29 is 19.1 Å². The second-order valence-electron chi connectivity index (χ2n) is 3.80. The Morgan fingerprint density at radius 3 is 2.75 bits per heavy atom. The van der Waals surface area contributed by atoms with Gasteiger partial charge in [-0.15, -0.1) is 11.3 Å². The lowest BCUT2D eigenvalue weighted by atomic mass is 10.2. The Morgan fingerprint density at radius 1 is 1.25 bits per heavy atom. The third-order valence-corrected chi connectivity index (χ3v) is 3.30. The average Bonchev–Trinajstić information content (AvgIpc) is 2.99. The molecule has 0 unspecified atom stereocenters. The second-order valence-corrected chi connectivity index (χ2v) is 4.78. The number of carbonyl (C=O) groups is 2. The molecule has 0 bridgehead atoms. The summed E-state index contributed by atoms with van der Waals surface area (Å²) in [7, 11) is 1.45. The lowest BCUT2D eigenvalue weighted by Gasteiger charge is -2.07. The van der Waals surface area contributed by atoms with Crippen LogP contribution >= 0.6 is 11.3 Å². The highest BCUT2D eigenvalue weighted by atomic mass is 32.1. The third-order valence-electron chi connectivity index (χ3n) is 2.46. The Hall–Kier alpha value is -2.40. The molecule has 0 aliphatic carbocycles. The van der Waals surface area contributed by atoms with Crippen LogP contribution in [0.4, 0.5) is 0 Å². The molecule has 0 atom stereocenters. The van der Waals surface area contributed by atoms with E-state index in [1.165, 1.54) is 36.7 Å². The number of methoxy groups -OCH3 is 1. The van der Waals surface area contributed by atoms with E-state index in [9.17, 15) is 9.59 Å². The zero-order valence-corrected chi connectivity index (χ0v) is 11.6. The fourth-order valence-corrected chi connectivity index (χ4v) is 2.14. The summed E-state index contributed by atoms with van der Waals surface area (Å²) in [5, 5.41) is 1.92. The zero-order valence-electron chi connectivity index (χ0n) is 10.7. The third kappa shape index (κ3) is 3.55. The highest BCUT2D eigenvalue weighted by Crippen LogP contribution is 2.27. The molecule has 1 aromatic heterocycles. The van der Waals surface area contributed by atoms with Gasteiger partial charge in [-0.05, 0) is 35.7 Å². The van der Waals surface area contributed by atoms with Crippen molar-refractivity contribution in [1.29, 1.82) is 0 Å². The van der Waals surface area contributed by atoms with E-state index in [1.54, 1.807) is 12.1 Å². The van der Waals surface area contributed by atoms with Crippen LogP contribution in [0.5, 0.6) is 11.5 Å². The van der Waals surface area contributed by atoms with Crippen molar-refractivity contribution in [2.75, 3.05) is 7.11 Å². The second kappa shape index (κ2) is 6.68. The standard InChI is InChI=1S/C15H12O4S/c1-18-14-9-11(10-16)4-6-13(14)19-15(17)7-5-12-3-2-8-20-12/h2-10H,1H3/b7-5-. The van der Waals surface area contributed by atoms with E-state index in [-0.39, 0.29) is 5.75 Å². The van der Waals surface area contributed by atoms with Crippen molar-refractivity contribution in [2.24, 2.45) is 0 Å². The quantitative estimate of drug-likeness (QED) is 0.367. The first-order chi connectivity index (χ1) is 9.72. The van der Waals surface area contributed by atoms with Gasteiger partial charge in [0.05, 0.1) is 7.11 Å². The molecular weight excluding hydrogens is 276 g/mol. The maximum atomic E-state index is 11.7. The highest BCUT2D eigenvalue weighted by molar-refractivity contribution is 7.10. The smallest absolute Gasteiger partial charge is 0.336 e. The minimum atomic E-state index is -0.504. The molecule has 5 heteroatoms. The molecule has 0 aliphatic rings. The summed E-state index contributed by atoms with van der Waals surface area (Å²) in [5.74, 6) is 0.113. The van der Waals surface area contributed by atoms with Gasteiger partial charge in [-0.1, -0.05) is 6.07 Å². The van der Waals surface area contributed by atoms with Crippen LogP contribution in [0, 0.1) is 0 Å². The summed E-state index contributed by atoms with van der Waals surface area (Å²) in [6, 6.07) is 8.39. The summed E-state index contributed by atoms with van der Waals surface area (Å²) in [6.07, 6.45) is 3.73. The van der Waals surface area contributed by atoms with Crippen molar-refractivity contribution in [3.8, 4) is 11.5 Å². The molecule has 0 fully saturated rings. The number of hydrogen-bond donors (Lipinski definition) is 0. The monoisotopic (exact) mass is 288 g/mol. The summed E-state index contributed by atoms with van der Waals surface area (Å²) in [6.45, 7) is 0. The van der Waals surface area contributed by atoms with Gasteiger partial charge >= 0.3 is 5.97 Å². The van der Waals surface area contributed by atoms with Crippen LogP contribution in [0.2, 0.25) is 0 Å². The number of esters is 1. The first kappa shape index (κ1) is 14.0. The summed E-state index contributed by atoms with van der Waals surface area (Å²) in [5.41, 5.74) is 0.454. The molecule has 0 saturated heterocycles. The van der Waals surface area contributed by atoms with E-state index in [0.717, 1.165) is 4.88 Å². The van der Waals surface area contributed by atoms with Gasteiger partial charge < -0.3 is 9.47 Å². The Kier molecular flexibility index (Phi) is 4.68. The van der Waals surface area contributed by atoms with Crippen LogP contribution in [0.1, 0.15) is 15.2 Å². The lowest BCUT2D eigenvalue weighted by Crippen LogP contribution is -2.05. The minimum absolute atomic E-state index is 0.277. The molecule has 2 aromatic rings. The van der Waals surface area contributed by atoms with Crippen molar-refractivity contribution in [3.05, 3.63) is 52.2 Å². The summed E-state index contributed by atoms with van der Waals surface area (Å²) >= 11 is 1.53. The molecule has 2 rings (SSSR count). The van der Waals surface area contributed by atoms with Crippen LogP contribution in [-0.2, 0) is 4.79 Å². The molecular formula is C15H12O4S. The first-order valence-corrected chi connectivity index (χ1v) is 6.67. The molecule has 0 amide bonds. The topological polar surface area (TPSA) is 52.6 Å². The number of hydrogen-bond acceptors (Lipinski definition) is 5. The van der Waals surface area contributed by atoms with E-state index in [2.05, 4.69) is 0 Å². The number of aldehydes is 1. The Balaban J connectivity index is 2.09. The number of carbonyl (C=O) groups excluding carboxylic acids is 2. The Bertz CT molecular complexity index is 629. The van der Waals surface area contributed by atoms with Crippen LogP contribution in [0.15, 0.2) is 41.8 Å². The molecule has 0 N–H and O–H groups in total. The predicted octanol–water partition coefficient (Wildman–Crippen LogP) is 3.19. The fraction of sp³-hybridized carbons (Fsp3) is 0.0667. The molecule has 4 nitrogen and oxygen atoms in total. The molecule has 20 heavy (non-hydrogen) atoms. The Morgan fingerprint density at radius 2 is 2.10 bits per heavy atom. The van der Waals surface area contributed by atoms with E-state index >= 15 is 0 Å². The van der Waals surface area contributed by atoms with Crippen molar-refractivity contribution in [1.82, 2.24) is 0 Å². The zero-order chi connectivity index (χ0) is 14.4. The van der Waals surface area contributed by atoms with Gasteiger partial charge in [0.15, 0.2) is 11.5 Å². The summed E-state index contributed by atoms with van der Waals surface area (Å²) in [4.78, 5) is 23.3. The molecule has 0 spiro atoms. The van der Waals surface area contributed by atoms with Crippen LogP contribution in [0.25, 0.3) is 6.08 Å². The van der Waals surface area contributed by atoms with Gasteiger partial charge in [-0.25, -0.2) is 4.79 Å². The van der Waals surface area contributed by atoms with Crippen LogP contribution < -0.4 is 9.47 Å².